The number of halogens is 1. The SMILES string of the molecule is O=C(CBr)N[C@@H]1C(=O)N2C(C(=O)O)=C(C(=C3CCNC3=O)C3CC3)CS[C@H]12.[NaH]. The summed E-state index contributed by atoms with van der Waals surface area (Å²) < 4.78 is 0. The molecule has 4 rings (SSSR count). The molecule has 0 aromatic heterocycles. The number of hydrogen-bond donors (Lipinski definition) is 3. The molecule has 11 heteroatoms. The number of aliphatic carboxylic acids is 1. The molecule has 3 amide bonds. The molecule has 0 radical (unpaired) electrons. The molecule has 1 saturated carbocycles. The molecule has 0 spiro atoms. The Bertz CT molecular complexity index is 826. The Labute approximate surface area is 196 Å². The molecule has 0 unspecified atom stereocenters. The van der Waals surface area contributed by atoms with Crippen molar-refractivity contribution < 1.29 is 24.3 Å². The third-order valence-electron chi connectivity index (χ3n) is 5.18. The van der Waals surface area contributed by atoms with Crippen LogP contribution in [0.4, 0.5) is 0 Å². The van der Waals surface area contributed by atoms with Crippen molar-refractivity contribution in [1.82, 2.24) is 15.5 Å². The number of alkyl halides is 1. The second kappa shape index (κ2) is 8.51. The van der Waals surface area contributed by atoms with E-state index in [-0.39, 0.29) is 58.3 Å². The number of rotatable bonds is 5. The van der Waals surface area contributed by atoms with Gasteiger partial charge in [0.2, 0.25) is 11.8 Å². The van der Waals surface area contributed by atoms with Gasteiger partial charge in [0.05, 0.1) is 5.33 Å². The predicted molar refractivity (Wildman–Crippen MR) is 108 cm³/mol. The minimum absolute atomic E-state index is 0. The van der Waals surface area contributed by atoms with Crippen LogP contribution in [-0.2, 0) is 19.2 Å². The van der Waals surface area contributed by atoms with Crippen molar-refractivity contribution in [3.8, 4) is 0 Å². The number of thioether (sulfide) groups is 1. The zero-order valence-electron chi connectivity index (χ0n) is 14.3. The Kier molecular flexibility index (Phi) is 6.65. The number of carbonyl (C=O) groups is 4. The molecule has 0 bridgehead atoms. The van der Waals surface area contributed by atoms with E-state index >= 15 is 0 Å². The van der Waals surface area contributed by atoms with Crippen molar-refractivity contribution in [3.63, 3.8) is 0 Å². The second-order valence-corrected chi connectivity index (χ2v) is 8.56. The van der Waals surface area contributed by atoms with Crippen molar-refractivity contribution in [3.05, 3.63) is 22.4 Å². The van der Waals surface area contributed by atoms with Crippen LogP contribution >= 0.6 is 27.7 Å². The summed E-state index contributed by atoms with van der Waals surface area (Å²) in [7, 11) is 0. The summed E-state index contributed by atoms with van der Waals surface area (Å²) in [5.74, 6) is -1.47. The summed E-state index contributed by atoms with van der Waals surface area (Å²) in [6.07, 6.45) is 2.43. The molecular weight excluding hydrogens is 461 g/mol. The number of allylic oxidation sites excluding steroid dienone is 1. The Morgan fingerprint density at radius 1 is 1.32 bits per heavy atom. The van der Waals surface area contributed by atoms with Crippen LogP contribution in [0.2, 0.25) is 0 Å². The fourth-order valence-corrected chi connectivity index (χ4v) is 5.39. The summed E-state index contributed by atoms with van der Waals surface area (Å²) in [6.45, 7) is 0.555. The fraction of sp³-hybridized carbons (Fsp3) is 0.529. The van der Waals surface area contributed by atoms with E-state index in [0.717, 1.165) is 18.4 Å². The summed E-state index contributed by atoms with van der Waals surface area (Å²) >= 11 is 4.47. The second-order valence-electron chi connectivity index (χ2n) is 6.89. The topological polar surface area (TPSA) is 116 Å². The van der Waals surface area contributed by atoms with E-state index in [9.17, 15) is 24.3 Å². The monoisotopic (exact) mass is 479 g/mol. The van der Waals surface area contributed by atoms with E-state index in [1.165, 1.54) is 16.7 Å². The van der Waals surface area contributed by atoms with Gasteiger partial charge in [0, 0.05) is 17.9 Å². The Hall–Kier alpha value is -0.810. The first-order valence-electron chi connectivity index (χ1n) is 8.72. The van der Waals surface area contributed by atoms with E-state index in [0.29, 0.717) is 29.9 Å². The molecular formula is C17H19BrN3NaO5S. The summed E-state index contributed by atoms with van der Waals surface area (Å²) in [5.41, 5.74) is 2.01. The van der Waals surface area contributed by atoms with Crippen LogP contribution in [0.1, 0.15) is 19.3 Å². The van der Waals surface area contributed by atoms with Crippen molar-refractivity contribution in [2.45, 2.75) is 30.7 Å². The van der Waals surface area contributed by atoms with E-state index < -0.39 is 23.3 Å². The molecule has 28 heavy (non-hydrogen) atoms. The van der Waals surface area contributed by atoms with Gasteiger partial charge in [-0.15, -0.1) is 11.8 Å². The third-order valence-corrected chi connectivity index (χ3v) is 6.97. The number of nitrogens with zero attached hydrogens (tertiary/aromatic N) is 1. The van der Waals surface area contributed by atoms with Gasteiger partial charge in [0.25, 0.3) is 5.91 Å². The van der Waals surface area contributed by atoms with Crippen LogP contribution in [0.25, 0.3) is 0 Å². The van der Waals surface area contributed by atoms with Crippen LogP contribution in [0.5, 0.6) is 0 Å². The Morgan fingerprint density at radius 2 is 2.04 bits per heavy atom. The maximum atomic E-state index is 12.6. The van der Waals surface area contributed by atoms with E-state index in [4.69, 9.17) is 0 Å². The van der Waals surface area contributed by atoms with Gasteiger partial charge in [-0.3, -0.25) is 19.3 Å². The van der Waals surface area contributed by atoms with Crippen LogP contribution in [0, 0.1) is 5.92 Å². The number of carboxylic acids is 1. The molecule has 1 aliphatic carbocycles. The van der Waals surface area contributed by atoms with Crippen molar-refractivity contribution >= 4 is 80.9 Å². The van der Waals surface area contributed by atoms with Gasteiger partial charge in [-0.1, -0.05) is 15.9 Å². The van der Waals surface area contributed by atoms with Crippen molar-refractivity contribution in [1.29, 1.82) is 0 Å². The number of β-lactam (4-membered cyclic amide) rings is 1. The van der Waals surface area contributed by atoms with Gasteiger partial charge in [0.15, 0.2) is 0 Å². The number of amides is 3. The summed E-state index contributed by atoms with van der Waals surface area (Å²) in [5, 5.41) is 14.9. The molecule has 0 aromatic carbocycles. The zero-order valence-corrected chi connectivity index (χ0v) is 16.7. The number of nitrogens with one attached hydrogen (secondary N) is 2. The predicted octanol–water partition coefficient (Wildman–Crippen LogP) is -0.302. The summed E-state index contributed by atoms with van der Waals surface area (Å²) in [6, 6.07) is -0.720. The molecule has 3 N–H and O–H groups in total. The Balaban J connectivity index is 0.00000225. The third kappa shape index (κ3) is 3.69. The molecule has 4 aliphatic rings. The van der Waals surface area contributed by atoms with E-state index in [2.05, 4.69) is 26.6 Å². The normalized spacial score (nSPS) is 28.1. The van der Waals surface area contributed by atoms with Crippen LogP contribution in [-0.4, -0.2) is 92.3 Å². The van der Waals surface area contributed by atoms with Crippen LogP contribution < -0.4 is 10.6 Å². The molecule has 146 valence electrons. The maximum absolute atomic E-state index is 12.6. The first-order chi connectivity index (χ1) is 12.9. The quantitative estimate of drug-likeness (QED) is 0.216. The van der Waals surface area contributed by atoms with Crippen molar-refractivity contribution in [2.24, 2.45) is 5.92 Å². The molecule has 2 atom stereocenters. The van der Waals surface area contributed by atoms with E-state index in [1.807, 2.05) is 0 Å². The number of hydrogen-bond acceptors (Lipinski definition) is 5. The molecule has 0 aromatic rings. The molecule has 3 aliphatic heterocycles. The number of carbonyl (C=O) groups excluding carboxylic acids is 3. The molecule has 3 heterocycles. The van der Waals surface area contributed by atoms with Crippen LogP contribution in [0.15, 0.2) is 22.4 Å². The average molecular weight is 480 g/mol. The molecule has 8 nitrogen and oxygen atoms in total. The van der Waals surface area contributed by atoms with Crippen LogP contribution in [0.3, 0.4) is 0 Å². The standard InChI is InChI=1S/C17H18BrN3O5S.Na.H/c18-5-10(22)20-12-15(24)21-13(17(25)26)9(6-27-16(12)21)11(7-1-2-7)8-3-4-19-14(8)23;;/h7,12,16H,1-6H2,(H,19,23)(H,20,22)(H,25,26);;/t12-,16-;;/m1../s1. The zero-order chi connectivity index (χ0) is 19.3. The average Bonchev–Trinajstić information content (AvgIpc) is 3.40. The fourth-order valence-electron chi connectivity index (χ4n) is 3.86. The summed E-state index contributed by atoms with van der Waals surface area (Å²) in [4.78, 5) is 49.7. The van der Waals surface area contributed by atoms with Gasteiger partial charge in [0.1, 0.15) is 17.1 Å². The van der Waals surface area contributed by atoms with Gasteiger partial charge in [-0.25, -0.2) is 4.79 Å². The van der Waals surface area contributed by atoms with Crippen molar-refractivity contribution in [2.75, 3.05) is 17.6 Å². The minimum atomic E-state index is -1.17. The molecule has 3 fully saturated rings. The first kappa shape index (κ1) is 21.9. The molecule has 2 saturated heterocycles. The van der Waals surface area contributed by atoms with Gasteiger partial charge >= 0.3 is 35.5 Å². The first-order valence-corrected chi connectivity index (χ1v) is 10.9. The van der Waals surface area contributed by atoms with Gasteiger partial charge < -0.3 is 15.7 Å². The Morgan fingerprint density at radius 3 is 2.57 bits per heavy atom. The number of carboxylic acid groups (broad SMARTS) is 1. The van der Waals surface area contributed by atoms with Gasteiger partial charge in [-0.05, 0) is 36.3 Å². The number of fused-ring (bicyclic) bond motifs is 1. The van der Waals surface area contributed by atoms with Gasteiger partial charge in [-0.2, -0.15) is 0 Å². The van der Waals surface area contributed by atoms with E-state index in [1.54, 1.807) is 0 Å².